The van der Waals surface area contributed by atoms with Gasteiger partial charge in [0.1, 0.15) is 0 Å². The number of benzene rings is 2. The fraction of sp³-hybridized carbons (Fsp3) is 0.333. The Morgan fingerprint density at radius 2 is 1.84 bits per heavy atom. The molecule has 4 rings (SSSR count). The number of hydrogen-bond donors (Lipinski definition) is 1. The zero-order valence-corrected chi connectivity index (χ0v) is 20.6. The second kappa shape index (κ2) is 10.0. The minimum atomic E-state index is -0.403. The summed E-state index contributed by atoms with van der Waals surface area (Å²) >= 11 is 2.27. The number of dihydropyridines is 1. The van der Waals surface area contributed by atoms with Gasteiger partial charge in [-0.05, 0) is 71.5 Å². The topological polar surface area (TPSA) is 55.4 Å². The summed E-state index contributed by atoms with van der Waals surface area (Å²) in [7, 11) is 0. The highest BCUT2D eigenvalue weighted by atomic mass is 127. The maximum absolute atomic E-state index is 13.5. The van der Waals surface area contributed by atoms with E-state index in [1.807, 2.05) is 43.3 Å². The fourth-order valence-corrected chi connectivity index (χ4v) is 5.24. The molecule has 0 unspecified atom stereocenters. The third-order valence-corrected chi connectivity index (χ3v) is 6.90. The van der Waals surface area contributed by atoms with Crippen LogP contribution in [0.4, 0.5) is 0 Å². The summed E-state index contributed by atoms with van der Waals surface area (Å²) in [6.45, 7) is 4.37. The lowest BCUT2D eigenvalue weighted by Gasteiger charge is -2.36. The second-order valence-corrected chi connectivity index (χ2v) is 9.72. The first kappa shape index (κ1) is 22.8. The van der Waals surface area contributed by atoms with E-state index in [0.717, 1.165) is 39.8 Å². The maximum Gasteiger partial charge on any atom is 0.336 e. The molecule has 0 spiro atoms. The number of nitrogens with one attached hydrogen (secondary N) is 1. The summed E-state index contributed by atoms with van der Waals surface area (Å²) < 4.78 is 6.68. The molecular weight excluding hydrogens is 513 g/mol. The predicted octanol–water partition coefficient (Wildman–Crippen LogP) is 6.00. The molecule has 0 fully saturated rings. The van der Waals surface area contributed by atoms with Gasteiger partial charge in [0.15, 0.2) is 5.78 Å². The highest BCUT2D eigenvalue weighted by molar-refractivity contribution is 14.1. The molecule has 0 bridgehead atoms. The molecule has 2 aliphatic rings. The number of ketones is 1. The number of esters is 1. The highest BCUT2D eigenvalue weighted by Gasteiger charge is 2.41. The van der Waals surface area contributed by atoms with Crippen molar-refractivity contribution in [3.05, 3.63) is 91.8 Å². The van der Waals surface area contributed by atoms with E-state index in [9.17, 15) is 9.59 Å². The lowest BCUT2D eigenvalue weighted by molar-refractivity contribution is -0.139. The Kier molecular flexibility index (Phi) is 7.13. The predicted molar refractivity (Wildman–Crippen MR) is 134 cm³/mol. The molecule has 166 valence electrons. The van der Waals surface area contributed by atoms with Gasteiger partial charge in [-0.15, -0.1) is 0 Å². The number of unbranched alkanes of at least 4 members (excludes halogenated alkanes) is 1. The van der Waals surface area contributed by atoms with E-state index in [1.165, 1.54) is 5.56 Å². The average molecular weight is 541 g/mol. The van der Waals surface area contributed by atoms with Crippen LogP contribution in [0.3, 0.4) is 0 Å². The Morgan fingerprint density at radius 3 is 2.56 bits per heavy atom. The van der Waals surface area contributed by atoms with Crippen molar-refractivity contribution in [3.8, 4) is 0 Å². The normalized spacial score (nSPS) is 20.7. The molecule has 0 amide bonds. The fourth-order valence-electron chi connectivity index (χ4n) is 4.68. The average Bonchev–Trinajstić information content (AvgIpc) is 2.78. The number of halogens is 1. The van der Waals surface area contributed by atoms with Crippen molar-refractivity contribution in [2.45, 2.75) is 51.4 Å². The Morgan fingerprint density at radius 1 is 1.09 bits per heavy atom. The molecular formula is C27H28INO3. The van der Waals surface area contributed by atoms with Crippen LogP contribution in [-0.4, -0.2) is 18.4 Å². The summed E-state index contributed by atoms with van der Waals surface area (Å²) in [6, 6.07) is 18.3. The van der Waals surface area contributed by atoms with Gasteiger partial charge < -0.3 is 10.1 Å². The summed E-state index contributed by atoms with van der Waals surface area (Å²) in [5.74, 6) is -0.503. The van der Waals surface area contributed by atoms with Gasteiger partial charge in [-0.1, -0.05) is 55.8 Å². The maximum atomic E-state index is 13.5. The quantitative estimate of drug-likeness (QED) is 0.277. The minimum Gasteiger partial charge on any atom is -0.462 e. The van der Waals surface area contributed by atoms with Crippen LogP contribution in [0.5, 0.6) is 0 Å². The molecule has 1 heterocycles. The lowest BCUT2D eigenvalue weighted by atomic mass is 9.72. The number of Topliss-reactive ketones (excluding diaryl/α,β-unsaturated/α-hetero) is 1. The Bertz CT molecular complexity index is 1090. The van der Waals surface area contributed by atoms with Gasteiger partial charge in [0, 0.05) is 32.9 Å². The zero-order valence-electron chi connectivity index (χ0n) is 18.5. The summed E-state index contributed by atoms with van der Waals surface area (Å²) in [5, 5.41) is 3.42. The second-order valence-electron chi connectivity index (χ2n) is 8.47. The van der Waals surface area contributed by atoms with Crippen LogP contribution < -0.4 is 5.32 Å². The monoisotopic (exact) mass is 541 g/mol. The number of carbonyl (C=O) groups is 2. The lowest BCUT2D eigenvalue weighted by Crippen LogP contribution is -2.36. The van der Waals surface area contributed by atoms with E-state index in [4.69, 9.17) is 4.74 Å². The molecule has 5 heteroatoms. The van der Waals surface area contributed by atoms with Crippen molar-refractivity contribution in [1.82, 2.24) is 5.32 Å². The van der Waals surface area contributed by atoms with Gasteiger partial charge in [0.05, 0.1) is 12.2 Å². The number of allylic oxidation sites excluding steroid dienone is 3. The van der Waals surface area contributed by atoms with Crippen LogP contribution >= 0.6 is 22.6 Å². The van der Waals surface area contributed by atoms with E-state index in [0.29, 0.717) is 24.2 Å². The first-order chi connectivity index (χ1) is 15.5. The third-order valence-electron chi connectivity index (χ3n) is 6.23. The molecule has 2 aromatic carbocycles. The smallest absolute Gasteiger partial charge is 0.336 e. The van der Waals surface area contributed by atoms with Crippen molar-refractivity contribution in [2.75, 3.05) is 6.61 Å². The summed E-state index contributed by atoms with van der Waals surface area (Å²) in [6.07, 6.45) is 2.98. The molecule has 0 saturated carbocycles. The summed E-state index contributed by atoms with van der Waals surface area (Å²) in [4.78, 5) is 26.7. The van der Waals surface area contributed by atoms with Crippen LogP contribution in [0.15, 0.2) is 77.1 Å². The first-order valence-corrected chi connectivity index (χ1v) is 12.3. The van der Waals surface area contributed by atoms with Crippen molar-refractivity contribution in [2.24, 2.45) is 0 Å². The molecule has 0 aromatic heterocycles. The molecule has 2 atom stereocenters. The van der Waals surface area contributed by atoms with E-state index in [1.54, 1.807) is 0 Å². The minimum absolute atomic E-state index is 0.0998. The Labute approximate surface area is 203 Å². The van der Waals surface area contributed by atoms with Gasteiger partial charge in [-0.2, -0.15) is 0 Å². The summed E-state index contributed by atoms with van der Waals surface area (Å²) in [5.41, 5.74) is 5.10. The van der Waals surface area contributed by atoms with Crippen LogP contribution in [0.1, 0.15) is 62.5 Å². The van der Waals surface area contributed by atoms with E-state index in [-0.39, 0.29) is 17.7 Å². The number of ether oxygens (including phenoxy) is 1. The zero-order chi connectivity index (χ0) is 22.7. The van der Waals surface area contributed by atoms with Gasteiger partial charge in [-0.3, -0.25) is 4.79 Å². The van der Waals surface area contributed by atoms with E-state index >= 15 is 0 Å². The molecule has 1 aliphatic carbocycles. The van der Waals surface area contributed by atoms with E-state index < -0.39 is 5.92 Å². The van der Waals surface area contributed by atoms with Crippen LogP contribution in [0.2, 0.25) is 0 Å². The van der Waals surface area contributed by atoms with Crippen molar-refractivity contribution in [1.29, 1.82) is 0 Å². The third kappa shape index (κ3) is 4.68. The first-order valence-electron chi connectivity index (χ1n) is 11.2. The molecule has 0 radical (unpaired) electrons. The molecule has 1 N–H and O–H groups in total. The number of hydrogen-bond acceptors (Lipinski definition) is 4. The van der Waals surface area contributed by atoms with Gasteiger partial charge in [0.25, 0.3) is 0 Å². The SMILES string of the molecule is CCCCOC(=O)C1=C(C)NC2=C(C(=O)C[C@@H](c3ccccc3)C2)[C@H]1c1cccc(I)c1. The largest absolute Gasteiger partial charge is 0.462 e. The highest BCUT2D eigenvalue weighted by Crippen LogP contribution is 2.45. The van der Waals surface area contributed by atoms with Gasteiger partial charge in [-0.25, -0.2) is 4.79 Å². The Hall–Kier alpha value is -2.41. The van der Waals surface area contributed by atoms with Crippen molar-refractivity contribution in [3.63, 3.8) is 0 Å². The Balaban J connectivity index is 1.75. The van der Waals surface area contributed by atoms with Crippen molar-refractivity contribution >= 4 is 34.3 Å². The molecule has 32 heavy (non-hydrogen) atoms. The van der Waals surface area contributed by atoms with Gasteiger partial charge in [0.2, 0.25) is 0 Å². The van der Waals surface area contributed by atoms with E-state index in [2.05, 4.69) is 53.0 Å². The molecule has 1 aliphatic heterocycles. The molecule has 0 saturated heterocycles. The van der Waals surface area contributed by atoms with Crippen LogP contribution in [0.25, 0.3) is 0 Å². The molecule has 4 nitrogen and oxygen atoms in total. The van der Waals surface area contributed by atoms with Crippen molar-refractivity contribution < 1.29 is 14.3 Å². The van der Waals surface area contributed by atoms with Gasteiger partial charge >= 0.3 is 5.97 Å². The van der Waals surface area contributed by atoms with Crippen LogP contribution in [0, 0.1) is 3.57 Å². The number of rotatable bonds is 6. The molecule has 2 aromatic rings. The van der Waals surface area contributed by atoms with Crippen LogP contribution in [-0.2, 0) is 14.3 Å². The standard InChI is InChI=1S/C27H28INO3/c1-3-4-13-32-27(31)24-17(2)29-22-15-20(18-9-6-5-7-10-18)16-23(30)26(22)25(24)19-11-8-12-21(28)14-19/h5-12,14,20,25,29H,3-4,13,15-16H2,1-2H3/t20-,25-/m0/s1. The number of carbonyl (C=O) groups excluding carboxylic acids is 2.